The standard InChI is InChI=1S/C18H21N3O2S/c1-19-15-5-3-2-4-13(15)14-12-16(24-18(14)19)17(23)21-8-6-20(7-9-21)10-11-22/h2-5,12,22H,6-11H2,1H3/p+1. The van der Waals surface area contributed by atoms with Gasteiger partial charge in [-0.2, -0.15) is 0 Å². The first-order valence-electron chi connectivity index (χ1n) is 8.39. The molecule has 5 nitrogen and oxygen atoms in total. The molecule has 0 unspecified atom stereocenters. The zero-order valence-corrected chi connectivity index (χ0v) is 14.6. The number of nitrogens with zero attached hydrogens (tertiary/aromatic N) is 2. The summed E-state index contributed by atoms with van der Waals surface area (Å²) >= 11 is 1.59. The minimum atomic E-state index is 0.142. The summed E-state index contributed by atoms with van der Waals surface area (Å²) in [5, 5.41) is 11.4. The molecule has 126 valence electrons. The number of para-hydroxylation sites is 1. The van der Waals surface area contributed by atoms with Gasteiger partial charge in [0.05, 0.1) is 37.7 Å². The number of fused-ring (bicyclic) bond motifs is 3. The van der Waals surface area contributed by atoms with Crippen molar-refractivity contribution in [3.63, 3.8) is 0 Å². The Balaban J connectivity index is 1.60. The molecule has 24 heavy (non-hydrogen) atoms. The van der Waals surface area contributed by atoms with E-state index >= 15 is 0 Å². The zero-order chi connectivity index (χ0) is 16.7. The lowest BCUT2D eigenvalue weighted by Gasteiger charge is -2.31. The highest BCUT2D eigenvalue weighted by atomic mass is 32.1. The quantitative estimate of drug-likeness (QED) is 0.736. The Morgan fingerprint density at radius 1 is 1.25 bits per heavy atom. The summed E-state index contributed by atoms with van der Waals surface area (Å²) in [4.78, 5) is 18.2. The first-order valence-corrected chi connectivity index (χ1v) is 9.21. The molecule has 2 aromatic heterocycles. The van der Waals surface area contributed by atoms with E-state index in [1.54, 1.807) is 11.3 Å². The third-order valence-electron chi connectivity index (χ3n) is 5.01. The number of rotatable bonds is 3. The van der Waals surface area contributed by atoms with E-state index in [0.29, 0.717) is 0 Å². The molecule has 1 saturated heterocycles. The highest BCUT2D eigenvalue weighted by molar-refractivity contribution is 7.20. The molecule has 0 atom stereocenters. The van der Waals surface area contributed by atoms with Crippen LogP contribution in [0.5, 0.6) is 0 Å². The Kier molecular flexibility index (Phi) is 4.04. The fourth-order valence-electron chi connectivity index (χ4n) is 3.62. The highest BCUT2D eigenvalue weighted by Crippen LogP contribution is 2.34. The van der Waals surface area contributed by atoms with E-state index in [2.05, 4.69) is 29.8 Å². The lowest BCUT2D eigenvalue weighted by molar-refractivity contribution is -0.904. The fraction of sp³-hybridized carbons (Fsp3) is 0.389. The summed E-state index contributed by atoms with van der Waals surface area (Å²) in [6.45, 7) is 4.36. The highest BCUT2D eigenvalue weighted by Gasteiger charge is 2.26. The normalized spacial score (nSPS) is 16.3. The van der Waals surface area contributed by atoms with Gasteiger partial charge >= 0.3 is 0 Å². The van der Waals surface area contributed by atoms with Crippen LogP contribution in [-0.4, -0.2) is 59.8 Å². The van der Waals surface area contributed by atoms with E-state index in [-0.39, 0.29) is 12.5 Å². The first kappa shape index (κ1) is 15.6. The molecule has 1 amide bonds. The number of aromatic nitrogens is 1. The molecular weight excluding hydrogens is 322 g/mol. The van der Waals surface area contributed by atoms with Crippen LogP contribution in [0.3, 0.4) is 0 Å². The topological polar surface area (TPSA) is 49.9 Å². The second-order valence-corrected chi connectivity index (χ2v) is 7.45. The van der Waals surface area contributed by atoms with Crippen molar-refractivity contribution in [2.75, 3.05) is 39.3 Å². The van der Waals surface area contributed by atoms with Gasteiger partial charge in [0.1, 0.15) is 11.4 Å². The Morgan fingerprint density at radius 3 is 2.75 bits per heavy atom. The Morgan fingerprint density at radius 2 is 2.00 bits per heavy atom. The summed E-state index contributed by atoms with van der Waals surface area (Å²) < 4.78 is 2.18. The molecule has 4 rings (SSSR count). The number of amides is 1. The predicted octanol–water partition coefficient (Wildman–Crippen LogP) is 0.726. The zero-order valence-electron chi connectivity index (χ0n) is 13.8. The number of aliphatic hydroxyl groups excluding tert-OH is 1. The van der Waals surface area contributed by atoms with Crippen molar-refractivity contribution < 1.29 is 14.8 Å². The number of benzene rings is 1. The van der Waals surface area contributed by atoms with Gasteiger partial charge in [0.25, 0.3) is 5.91 Å². The maximum absolute atomic E-state index is 12.8. The number of piperazine rings is 1. The summed E-state index contributed by atoms with van der Waals surface area (Å²) in [6.07, 6.45) is 0. The lowest BCUT2D eigenvalue weighted by atomic mass is 10.2. The third-order valence-corrected chi connectivity index (χ3v) is 6.21. The predicted molar refractivity (Wildman–Crippen MR) is 96.9 cm³/mol. The molecule has 0 radical (unpaired) electrons. The molecular formula is C18H22N3O2S+. The van der Waals surface area contributed by atoms with Crippen molar-refractivity contribution >= 4 is 38.4 Å². The average molecular weight is 344 g/mol. The Labute approximate surface area is 144 Å². The van der Waals surface area contributed by atoms with Gasteiger partial charge in [-0.25, -0.2) is 0 Å². The molecule has 3 aromatic rings. The molecule has 1 fully saturated rings. The first-order chi connectivity index (χ1) is 11.7. The molecule has 2 N–H and O–H groups in total. The van der Waals surface area contributed by atoms with Crippen LogP contribution in [0.25, 0.3) is 21.1 Å². The smallest absolute Gasteiger partial charge is 0.264 e. The number of hydrogen-bond donors (Lipinski definition) is 2. The van der Waals surface area contributed by atoms with Crippen LogP contribution in [0.15, 0.2) is 30.3 Å². The third kappa shape index (κ3) is 2.51. The molecule has 1 aliphatic heterocycles. The second-order valence-electron chi connectivity index (χ2n) is 6.42. The van der Waals surface area contributed by atoms with Crippen LogP contribution in [0.1, 0.15) is 9.67 Å². The van der Waals surface area contributed by atoms with Gasteiger partial charge in [0.15, 0.2) is 0 Å². The largest absolute Gasteiger partial charge is 0.391 e. The van der Waals surface area contributed by atoms with Crippen molar-refractivity contribution in [3.05, 3.63) is 35.2 Å². The molecule has 1 aliphatic rings. The Hall–Kier alpha value is -1.89. The second kappa shape index (κ2) is 6.20. The number of hydrogen-bond acceptors (Lipinski definition) is 3. The molecule has 0 aliphatic carbocycles. The van der Waals surface area contributed by atoms with Crippen LogP contribution in [0, 0.1) is 0 Å². The number of nitrogens with one attached hydrogen (secondary N) is 1. The minimum Gasteiger partial charge on any atom is -0.391 e. The van der Waals surface area contributed by atoms with Gasteiger partial charge in [0, 0.05) is 23.3 Å². The van der Waals surface area contributed by atoms with Gasteiger partial charge < -0.3 is 19.5 Å². The average Bonchev–Trinajstić information content (AvgIpc) is 3.16. The van der Waals surface area contributed by atoms with Crippen molar-refractivity contribution in [3.8, 4) is 0 Å². The van der Waals surface area contributed by atoms with Gasteiger partial charge in [-0.1, -0.05) is 18.2 Å². The van der Waals surface area contributed by atoms with Crippen LogP contribution in [0.2, 0.25) is 0 Å². The minimum absolute atomic E-state index is 0.142. The van der Waals surface area contributed by atoms with Gasteiger partial charge in [-0.15, -0.1) is 11.3 Å². The van der Waals surface area contributed by atoms with E-state index in [4.69, 9.17) is 5.11 Å². The van der Waals surface area contributed by atoms with Crippen molar-refractivity contribution in [2.45, 2.75) is 0 Å². The molecule has 0 saturated carbocycles. The summed E-state index contributed by atoms with van der Waals surface area (Å²) in [6, 6.07) is 10.4. The maximum Gasteiger partial charge on any atom is 0.264 e. The summed E-state index contributed by atoms with van der Waals surface area (Å²) in [5.74, 6) is 0.142. The van der Waals surface area contributed by atoms with Crippen molar-refractivity contribution in [2.24, 2.45) is 7.05 Å². The maximum atomic E-state index is 12.8. The SMILES string of the molecule is Cn1c2ccccc2c2cc(C(=O)N3CC[NH+](CCO)CC3)sc21. The number of aryl methyl sites for hydroxylation is 1. The van der Waals surface area contributed by atoms with Gasteiger partial charge in [0.2, 0.25) is 0 Å². The fourth-order valence-corrected chi connectivity index (χ4v) is 4.74. The number of aliphatic hydroxyl groups is 1. The lowest BCUT2D eigenvalue weighted by Crippen LogP contribution is -3.15. The van der Waals surface area contributed by atoms with Crippen LogP contribution < -0.4 is 4.90 Å². The van der Waals surface area contributed by atoms with Gasteiger partial charge in [-0.3, -0.25) is 4.79 Å². The van der Waals surface area contributed by atoms with E-state index < -0.39 is 0 Å². The number of quaternary nitrogens is 1. The number of thiophene rings is 1. The van der Waals surface area contributed by atoms with E-state index in [1.165, 1.54) is 21.2 Å². The van der Waals surface area contributed by atoms with E-state index in [0.717, 1.165) is 42.4 Å². The molecule has 0 bridgehead atoms. The van der Waals surface area contributed by atoms with Crippen LogP contribution in [0.4, 0.5) is 0 Å². The van der Waals surface area contributed by atoms with E-state index in [1.807, 2.05) is 17.0 Å². The van der Waals surface area contributed by atoms with Crippen molar-refractivity contribution in [1.29, 1.82) is 0 Å². The molecule has 3 heterocycles. The van der Waals surface area contributed by atoms with Gasteiger partial charge in [-0.05, 0) is 12.1 Å². The number of carbonyl (C=O) groups excluding carboxylic acids is 1. The Bertz CT molecular complexity index is 890. The van der Waals surface area contributed by atoms with Crippen molar-refractivity contribution in [1.82, 2.24) is 9.47 Å². The summed E-state index contributed by atoms with van der Waals surface area (Å²) in [7, 11) is 2.06. The molecule has 0 spiro atoms. The van der Waals surface area contributed by atoms with Crippen LogP contribution in [-0.2, 0) is 7.05 Å². The van der Waals surface area contributed by atoms with E-state index in [9.17, 15) is 4.79 Å². The van der Waals surface area contributed by atoms with Crippen LogP contribution >= 0.6 is 11.3 Å². The monoisotopic (exact) mass is 344 g/mol. The summed E-state index contributed by atoms with van der Waals surface area (Å²) in [5.41, 5.74) is 1.21. The molecule has 6 heteroatoms. The molecule has 1 aromatic carbocycles. The number of carbonyl (C=O) groups is 1.